The van der Waals surface area contributed by atoms with Gasteiger partial charge in [-0.25, -0.2) is 13.1 Å². The minimum Gasteiger partial charge on any atom is -0.310 e. The maximum absolute atomic E-state index is 12.5. The second-order valence-corrected chi connectivity index (χ2v) is 8.89. The fraction of sp³-hybridized carbons (Fsp3) is 0.600. The van der Waals surface area contributed by atoms with Gasteiger partial charge in [0.2, 0.25) is 10.0 Å². The van der Waals surface area contributed by atoms with Crippen LogP contribution < -0.4 is 10.0 Å². The second-order valence-electron chi connectivity index (χ2n) is 5.75. The third kappa shape index (κ3) is 4.22. The molecule has 1 aliphatic carbocycles. The zero-order valence-corrected chi connectivity index (χ0v) is 13.7. The first-order valence-electron chi connectivity index (χ1n) is 7.58. The summed E-state index contributed by atoms with van der Waals surface area (Å²) in [7, 11) is -3.41. The smallest absolute Gasteiger partial charge is 0.240 e. The lowest BCUT2D eigenvalue weighted by atomic mass is 10.2. The van der Waals surface area contributed by atoms with Crippen LogP contribution in [-0.2, 0) is 16.6 Å². The number of hydrogen-bond acceptors (Lipinski definition) is 4. The van der Waals surface area contributed by atoms with Gasteiger partial charge in [-0.1, -0.05) is 18.2 Å². The lowest BCUT2D eigenvalue weighted by Crippen LogP contribution is -2.31. The number of sulfonamides is 1. The lowest BCUT2D eigenvalue weighted by molar-refractivity contribution is 0.576. The Labute approximate surface area is 131 Å². The summed E-state index contributed by atoms with van der Waals surface area (Å²) < 4.78 is 27.8. The summed E-state index contributed by atoms with van der Waals surface area (Å²) in [4.78, 5) is 0.418. The van der Waals surface area contributed by atoms with E-state index >= 15 is 0 Å². The van der Waals surface area contributed by atoms with E-state index in [-0.39, 0.29) is 0 Å². The van der Waals surface area contributed by atoms with E-state index < -0.39 is 10.0 Å². The van der Waals surface area contributed by atoms with Crippen molar-refractivity contribution in [3.63, 3.8) is 0 Å². The third-order valence-electron chi connectivity index (χ3n) is 3.95. The molecule has 116 valence electrons. The van der Waals surface area contributed by atoms with Crippen molar-refractivity contribution in [3.05, 3.63) is 29.8 Å². The van der Waals surface area contributed by atoms with Gasteiger partial charge in [0.05, 0.1) is 4.90 Å². The first kappa shape index (κ1) is 15.3. The Hall–Kier alpha value is -0.560. The molecule has 0 bridgehead atoms. The fourth-order valence-corrected chi connectivity index (χ4v) is 5.17. The van der Waals surface area contributed by atoms with Crippen molar-refractivity contribution in [1.29, 1.82) is 0 Å². The Morgan fingerprint density at radius 2 is 2.00 bits per heavy atom. The molecule has 1 aromatic carbocycles. The Morgan fingerprint density at radius 1 is 1.19 bits per heavy atom. The van der Waals surface area contributed by atoms with Gasteiger partial charge < -0.3 is 5.32 Å². The second kappa shape index (κ2) is 6.69. The molecule has 1 aromatic rings. The van der Waals surface area contributed by atoms with Crippen molar-refractivity contribution in [2.24, 2.45) is 0 Å². The van der Waals surface area contributed by atoms with E-state index in [0.29, 0.717) is 29.3 Å². The Balaban J connectivity index is 1.67. The van der Waals surface area contributed by atoms with Gasteiger partial charge >= 0.3 is 0 Å². The van der Waals surface area contributed by atoms with Gasteiger partial charge in [-0.2, -0.15) is 11.8 Å². The van der Waals surface area contributed by atoms with Crippen molar-refractivity contribution in [1.82, 2.24) is 10.0 Å². The average molecular weight is 326 g/mol. The van der Waals surface area contributed by atoms with E-state index in [0.717, 1.165) is 17.7 Å². The summed E-state index contributed by atoms with van der Waals surface area (Å²) in [6, 6.07) is 7.86. The number of hydrogen-bond donors (Lipinski definition) is 2. The summed E-state index contributed by atoms with van der Waals surface area (Å²) in [5.74, 6) is 1.15. The van der Waals surface area contributed by atoms with Gasteiger partial charge in [-0.15, -0.1) is 0 Å². The monoisotopic (exact) mass is 326 g/mol. The average Bonchev–Trinajstić information content (AvgIpc) is 3.17. The molecule has 1 atom stereocenters. The van der Waals surface area contributed by atoms with Crippen molar-refractivity contribution < 1.29 is 8.42 Å². The third-order valence-corrected chi connectivity index (χ3v) is 6.87. The van der Waals surface area contributed by atoms with Crippen LogP contribution in [0.2, 0.25) is 0 Å². The van der Waals surface area contributed by atoms with Crippen molar-refractivity contribution in [3.8, 4) is 0 Å². The van der Waals surface area contributed by atoms with Crippen LogP contribution in [0.25, 0.3) is 0 Å². The van der Waals surface area contributed by atoms with Gasteiger partial charge in [-0.3, -0.25) is 0 Å². The van der Waals surface area contributed by atoms with Crippen LogP contribution in [-0.4, -0.2) is 32.0 Å². The SMILES string of the molecule is O=S(=O)(NCC1CCCS1)c1ccccc1CNC1CC1. The highest BCUT2D eigenvalue weighted by Gasteiger charge is 2.24. The molecular weight excluding hydrogens is 304 g/mol. The minimum absolute atomic E-state index is 0.418. The molecule has 3 rings (SSSR count). The van der Waals surface area contributed by atoms with Crippen LogP contribution in [0.4, 0.5) is 0 Å². The fourth-order valence-electron chi connectivity index (χ4n) is 2.54. The van der Waals surface area contributed by atoms with Gasteiger partial charge in [0.25, 0.3) is 0 Å². The molecule has 21 heavy (non-hydrogen) atoms. The van der Waals surface area contributed by atoms with Crippen molar-refractivity contribution in [2.75, 3.05) is 12.3 Å². The molecule has 0 amide bonds. The molecule has 2 aliphatic rings. The molecule has 1 saturated carbocycles. The molecule has 1 saturated heterocycles. The van der Waals surface area contributed by atoms with Crippen LogP contribution in [0.1, 0.15) is 31.2 Å². The van der Waals surface area contributed by atoms with Crippen LogP contribution in [0.3, 0.4) is 0 Å². The Kier molecular flexibility index (Phi) is 4.88. The zero-order valence-electron chi connectivity index (χ0n) is 12.0. The lowest BCUT2D eigenvalue weighted by Gasteiger charge is -2.14. The van der Waals surface area contributed by atoms with E-state index in [1.165, 1.54) is 19.3 Å². The van der Waals surface area contributed by atoms with Gasteiger partial charge in [0.15, 0.2) is 0 Å². The molecule has 6 heteroatoms. The zero-order chi connectivity index (χ0) is 14.7. The highest BCUT2D eigenvalue weighted by molar-refractivity contribution is 8.00. The largest absolute Gasteiger partial charge is 0.310 e. The molecule has 1 unspecified atom stereocenters. The first-order chi connectivity index (χ1) is 10.1. The summed E-state index contributed by atoms with van der Waals surface area (Å²) in [6.45, 7) is 1.16. The van der Waals surface area contributed by atoms with E-state index in [2.05, 4.69) is 10.0 Å². The summed E-state index contributed by atoms with van der Waals surface area (Å²) in [5, 5.41) is 3.81. The summed E-state index contributed by atoms with van der Waals surface area (Å²) >= 11 is 1.87. The number of thioether (sulfide) groups is 1. The summed E-state index contributed by atoms with van der Waals surface area (Å²) in [6.07, 6.45) is 4.70. The van der Waals surface area contributed by atoms with Crippen LogP contribution >= 0.6 is 11.8 Å². The Morgan fingerprint density at radius 3 is 2.71 bits per heavy atom. The van der Waals surface area contributed by atoms with Crippen LogP contribution in [0.5, 0.6) is 0 Å². The molecule has 1 aliphatic heterocycles. The maximum atomic E-state index is 12.5. The molecule has 2 fully saturated rings. The predicted octanol–water partition coefficient (Wildman–Crippen LogP) is 2.11. The van der Waals surface area contributed by atoms with Crippen molar-refractivity contribution >= 4 is 21.8 Å². The number of benzene rings is 1. The number of rotatable bonds is 7. The number of nitrogens with one attached hydrogen (secondary N) is 2. The van der Waals surface area contributed by atoms with Crippen LogP contribution in [0, 0.1) is 0 Å². The standard InChI is InChI=1S/C15H22N2O2S2/c18-21(19,17-11-14-5-3-9-20-14)15-6-2-1-4-12(15)10-16-13-7-8-13/h1-2,4,6,13-14,16-17H,3,5,7-11H2. The van der Waals surface area contributed by atoms with E-state index in [9.17, 15) is 8.42 Å². The maximum Gasteiger partial charge on any atom is 0.240 e. The predicted molar refractivity (Wildman–Crippen MR) is 87.0 cm³/mol. The molecule has 4 nitrogen and oxygen atoms in total. The van der Waals surface area contributed by atoms with Gasteiger partial charge in [0.1, 0.15) is 0 Å². The summed E-state index contributed by atoms with van der Waals surface area (Å²) in [5.41, 5.74) is 0.857. The molecule has 0 spiro atoms. The highest BCUT2D eigenvalue weighted by Crippen LogP contribution is 2.26. The molecular formula is C15H22N2O2S2. The van der Waals surface area contributed by atoms with E-state index in [1.807, 2.05) is 23.9 Å². The highest BCUT2D eigenvalue weighted by atomic mass is 32.2. The van der Waals surface area contributed by atoms with Crippen molar-refractivity contribution in [2.45, 2.75) is 48.4 Å². The topological polar surface area (TPSA) is 58.2 Å². The van der Waals surface area contributed by atoms with Crippen LogP contribution in [0.15, 0.2) is 29.2 Å². The molecule has 0 aromatic heterocycles. The molecule has 1 heterocycles. The van der Waals surface area contributed by atoms with E-state index in [4.69, 9.17) is 0 Å². The minimum atomic E-state index is -3.41. The van der Waals surface area contributed by atoms with Gasteiger partial charge in [-0.05, 0) is 43.1 Å². The molecule has 0 radical (unpaired) electrons. The van der Waals surface area contributed by atoms with E-state index in [1.54, 1.807) is 12.1 Å². The normalized spacial score (nSPS) is 22.6. The first-order valence-corrected chi connectivity index (χ1v) is 10.1. The quantitative estimate of drug-likeness (QED) is 0.806. The van der Waals surface area contributed by atoms with Gasteiger partial charge in [0, 0.05) is 24.4 Å². The molecule has 2 N–H and O–H groups in total. The Bertz CT molecular complexity index is 579.